The maximum Gasteiger partial charge on any atom is 0.271 e. The molecule has 1 aliphatic heterocycles. The number of nitrogens with two attached hydrogens (primary N) is 1. The van der Waals surface area contributed by atoms with Gasteiger partial charge in [-0.25, -0.2) is 0 Å². The molecule has 1 unspecified atom stereocenters. The lowest BCUT2D eigenvalue weighted by Gasteiger charge is -2.32. The van der Waals surface area contributed by atoms with E-state index in [1.54, 1.807) is 0 Å². The van der Waals surface area contributed by atoms with Gasteiger partial charge in [0, 0.05) is 25.1 Å². The Hall–Kier alpha value is -3.15. The Bertz CT molecular complexity index is 1010. The second-order valence-electron chi connectivity index (χ2n) is 7.49. The summed E-state index contributed by atoms with van der Waals surface area (Å²) in [6.07, 6.45) is 3.09. The minimum Gasteiger partial charge on any atom is -0.370 e. The number of nitrogens with zero attached hydrogens (tertiary/aromatic N) is 2. The van der Waals surface area contributed by atoms with Crippen LogP contribution in [0.5, 0.6) is 0 Å². The largest absolute Gasteiger partial charge is 0.370 e. The van der Waals surface area contributed by atoms with Crippen molar-refractivity contribution in [1.29, 1.82) is 0 Å². The number of H-pyrrole nitrogens is 1. The van der Waals surface area contributed by atoms with Crippen molar-refractivity contribution < 1.29 is 9.59 Å². The van der Waals surface area contributed by atoms with Crippen LogP contribution < -0.4 is 5.73 Å². The topological polar surface area (TPSA) is 92.1 Å². The molecule has 4 rings (SSSR count). The van der Waals surface area contributed by atoms with Gasteiger partial charge < -0.3 is 10.6 Å². The number of primary amides is 1. The van der Waals surface area contributed by atoms with Crippen LogP contribution in [0.4, 0.5) is 0 Å². The van der Waals surface area contributed by atoms with Gasteiger partial charge in [-0.05, 0) is 48.1 Å². The predicted molar refractivity (Wildman–Crippen MR) is 109 cm³/mol. The fourth-order valence-corrected chi connectivity index (χ4v) is 3.93. The molecule has 1 atom stereocenters. The molecule has 0 bridgehead atoms. The smallest absolute Gasteiger partial charge is 0.271 e. The van der Waals surface area contributed by atoms with Crippen LogP contribution in [0.1, 0.15) is 36.2 Å². The van der Waals surface area contributed by atoms with Crippen LogP contribution in [0.2, 0.25) is 0 Å². The first-order chi connectivity index (χ1) is 13.6. The molecule has 6 heteroatoms. The van der Waals surface area contributed by atoms with Gasteiger partial charge in [0.1, 0.15) is 5.69 Å². The van der Waals surface area contributed by atoms with Gasteiger partial charge in [-0.1, -0.05) is 36.4 Å². The Balaban J connectivity index is 1.48. The van der Waals surface area contributed by atoms with Crippen molar-refractivity contribution in [2.75, 3.05) is 13.1 Å². The van der Waals surface area contributed by atoms with Gasteiger partial charge in [-0.2, -0.15) is 5.10 Å². The summed E-state index contributed by atoms with van der Waals surface area (Å²) in [5.41, 5.74) is 7.49. The van der Waals surface area contributed by atoms with Crippen LogP contribution in [0.25, 0.3) is 22.0 Å². The highest BCUT2D eigenvalue weighted by Crippen LogP contribution is 2.25. The van der Waals surface area contributed by atoms with E-state index in [9.17, 15) is 9.59 Å². The number of amides is 2. The van der Waals surface area contributed by atoms with E-state index in [0.29, 0.717) is 24.6 Å². The minimum atomic E-state index is -0.281. The highest BCUT2D eigenvalue weighted by Gasteiger charge is 2.26. The van der Waals surface area contributed by atoms with E-state index < -0.39 is 0 Å². The Labute approximate surface area is 163 Å². The summed E-state index contributed by atoms with van der Waals surface area (Å²) in [4.78, 5) is 25.8. The maximum atomic E-state index is 12.9. The number of hydrogen-bond acceptors (Lipinski definition) is 3. The Morgan fingerprint density at radius 3 is 2.79 bits per heavy atom. The van der Waals surface area contributed by atoms with E-state index in [-0.39, 0.29) is 11.8 Å². The van der Waals surface area contributed by atoms with Crippen molar-refractivity contribution in [1.82, 2.24) is 15.1 Å². The zero-order chi connectivity index (χ0) is 19.5. The lowest BCUT2D eigenvalue weighted by atomic mass is 9.93. The fraction of sp³-hybridized carbons (Fsp3) is 0.318. The zero-order valence-electron chi connectivity index (χ0n) is 15.7. The van der Waals surface area contributed by atoms with Crippen LogP contribution in [-0.2, 0) is 4.79 Å². The molecule has 1 aliphatic rings. The molecular weight excluding hydrogens is 352 g/mol. The molecule has 2 heterocycles. The van der Waals surface area contributed by atoms with Gasteiger partial charge in [0.05, 0.1) is 5.69 Å². The van der Waals surface area contributed by atoms with Crippen molar-refractivity contribution in [2.24, 2.45) is 11.7 Å². The third-order valence-electron chi connectivity index (χ3n) is 5.46. The summed E-state index contributed by atoms with van der Waals surface area (Å²) in [7, 11) is 0. The van der Waals surface area contributed by atoms with Gasteiger partial charge in [-0.3, -0.25) is 14.7 Å². The van der Waals surface area contributed by atoms with Crippen LogP contribution in [0.3, 0.4) is 0 Å². The first-order valence-corrected chi connectivity index (χ1v) is 9.72. The number of piperidine rings is 1. The van der Waals surface area contributed by atoms with E-state index in [0.717, 1.165) is 42.5 Å². The van der Waals surface area contributed by atoms with Crippen molar-refractivity contribution in [3.05, 3.63) is 54.2 Å². The predicted octanol–water partition coefficient (Wildman–Crippen LogP) is 3.35. The number of nitrogens with one attached hydrogen (secondary N) is 1. The standard InChI is InChI=1S/C22H24N4O2/c23-21(27)10-7-15-4-3-11-26(14-15)22(28)20-13-19(24-25-20)18-9-8-16-5-1-2-6-17(16)12-18/h1-2,5-6,8-9,12-13,15H,3-4,7,10-11,14H2,(H2,23,27)(H,24,25). The molecule has 2 aromatic carbocycles. The van der Waals surface area contributed by atoms with Gasteiger partial charge in [-0.15, -0.1) is 0 Å². The monoisotopic (exact) mass is 376 g/mol. The van der Waals surface area contributed by atoms with Crippen molar-refractivity contribution in [3.8, 4) is 11.3 Å². The summed E-state index contributed by atoms with van der Waals surface area (Å²) in [6.45, 7) is 1.40. The maximum absolute atomic E-state index is 12.9. The molecule has 144 valence electrons. The molecule has 0 aliphatic carbocycles. The molecule has 3 aromatic rings. The fourth-order valence-electron chi connectivity index (χ4n) is 3.93. The van der Waals surface area contributed by atoms with Crippen LogP contribution >= 0.6 is 0 Å². The highest BCUT2D eigenvalue weighted by atomic mass is 16.2. The van der Waals surface area contributed by atoms with Gasteiger partial charge in [0.25, 0.3) is 5.91 Å². The number of carbonyl (C=O) groups is 2. The second-order valence-corrected chi connectivity index (χ2v) is 7.49. The van der Waals surface area contributed by atoms with E-state index in [1.807, 2.05) is 29.2 Å². The molecule has 0 spiro atoms. The number of fused-ring (bicyclic) bond motifs is 1. The Morgan fingerprint density at radius 1 is 1.14 bits per heavy atom. The number of benzene rings is 2. The Morgan fingerprint density at radius 2 is 1.96 bits per heavy atom. The lowest BCUT2D eigenvalue weighted by molar-refractivity contribution is -0.118. The average molecular weight is 376 g/mol. The molecule has 28 heavy (non-hydrogen) atoms. The molecule has 2 amide bonds. The zero-order valence-corrected chi connectivity index (χ0v) is 15.7. The van der Waals surface area contributed by atoms with Crippen molar-refractivity contribution in [2.45, 2.75) is 25.7 Å². The van der Waals surface area contributed by atoms with Gasteiger partial charge >= 0.3 is 0 Å². The summed E-state index contributed by atoms with van der Waals surface area (Å²) in [5.74, 6) is 0.00781. The van der Waals surface area contributed by atoms with Crippen molar-refractivity contribution in [3.63, 3.8) is 0 Å². The Kier molecular flexibility index (Phi) is 5.10. The molecule has 1 fully saturated rings. The second kappa shape index (κ2) is 7.84. The van der Waals surface area contributed by atoms with E-state index in [1.165, 1.54) is 5.39 Å². The molecule has 6 nitrogen and oxygen atoms in total. The van der Waals surface area contributed by atoms with Crippen LogP contribution in [0.15, 0.2) is 48.5 Å². The van der Waals surface area contributed by atoms with Gasteiger partial charge in [0.2, 0.25) is 5.91 Å². The molecule has 0 saturated carbocycles. The SMILES string of the molecule is NC(=O)CCC1CCCN(C(=O)c2cc(-c3ccc4ccccc4c3)n[nH]2)C1. The lowest BCUT2D eigenvalue weighted by Crippen LogP contribution is -2.40. The minimum absolute atomic E-state index is 0.0386. The van der Waals surface area contributed by atoms with E-state index in [4.69, 9.17) is 5.73 Å². The van der Waals surface area contributed by atoms with Crippen LogP contribution in [0, 0.1) is 5.92 Å². The summed E-state index contributed by atoms with van der Waals surface area (Å²) in [5, 5.41) is 9.57. The third kappa shape index (κ3) is 3.91. The third-order valence-corrected chi connectivity index (χ3v) is 5.46. The molecule has 1 saturated heterocycles. The first-order valence-electron chi connectivity index (χ1n) is 9.72. The molecule has 1 aromatic heterocycles. The quantitative estimate of drug-likeness (QED) is 0.715. The van der Waals surface area contributed by atoms with Gasteiger partial charge in [0.15, 0.2) is 0 Å². The molecular formula is C22H24N4O2. The summed E-state index contributed by atoms with van der Waals surface area (Å²) < 4.78 is 0. The molecule has 0 radical (unpaired) electrons. The summed E-state index contributed by atoms with van der Waals surface area (Å²) >= 11 is 0. The highest BCUT2D eigenvalue weighted by molar-refractivity contribution is 5.94. The number of likely N-dealkylation sites (tertiary alicyclic amines) is 1. The van der Waals surface area contributed by atoms with Crippen LogP contribution in [-0.4, -0.2) is 40.0 Å². The average Bonchev–Trinajstić information content (AvgIpc) is 3.22. The number of aromatic amines is 1. The number of rotatable bonds is 5. The normalized spacial score (nSPS) is 17.0. The van der Waals surface area contributed by atoms with E-state index >= 15 is 0 Å². The van der Waals surface area contributed by atoms with E-state index in [2.05, 4.69) is 34.5 Å². The number of hydrogen-bond donors (Lipinski definition) is 2. The molecule has 3 N–H and O–H groups in total. The van der Waals surface area contributed by atoms with Crippen molar-refractivity contribution >= 4 is 22.6 Å². The number of aromatic nitrogens is 2. The summed E-state index contributed by atoms with van der Waals surface area (Å²) in [6, 6.07) is 16.2. The number of carbonyl (C=O) groups excluding carboxylic acids is 2. The first kappa shape index (κ1) is 18.2.